The quantitative estimate of drug-likeness (QED) is 0.495. The highest BCUT2D eigenvalue weighted by Gasteiger charge is 2.22. The summed E-state index contributed by atoms with van der Waals surface area (Å²) in [5.74, 6) is 0.901. The van der Waals surface area contributed by atoms with Crippen LogP contribution in [-0.4, -0.2) is 46.1 Å². The van der Waals surface area contributed by atoms with Crippen LogP contribution < -0.4 is 20.7 Å². The second-order valence-electron chi connectivity index (χ2n) is 8.55. The standard InChI is InChI=1S/C24H24ClN7O2/c25-19-12-29-20-7-4-15(9-26)30-23(20)18(19)6-3-14-1-2-16(10-27-14)28-11-17-5-8-21-24(31-17)32-22(33)13-34-21/h4-5,7-8,12,14,16,27-28H,1-3,6,10-11,13H2,(H,31,32,33)/t14-,16+/m1/s1. The zero-order valence-corrected chi connectivity index (χ0v) is 19.2. The van der Waals surface area contributed by atoms with E-state index in [9.17, 15) is 10.1 Å². The highest BCUT2D eigenvalue weighted by molar-refractivity contribution is 6.32. The van der Waals surface area contributed by atoms with E-state index in [0.29, 0.717) is 46.4 Å². The molecule has 10 heteroatoms. The lowest BCUT2D eigenvalue weighted by Crippen LogP contribution is -2.47. The van der Waals surface area contributed by atoms with E-state index in [2.05, 4.69) is 37.0 Å². The molecule has 5 heterocycles. The van der Waals surface area contributed by atoms with E-state index in [1.807, 2.05) is 18.2 Å². The van der Waals surface area contributed by atoms with Gasteiger partial charge in [0.25, 0.3) is 5.91 Å². The van der Waals surface area contributed by atoms with Crippen LogP contribution in [0.5, 0.6) is 5.75 Å². The molecule has 1 fully saturated rings. The van der Waals surface area contributed by atoms with Gasteiger partial charge in [-0.2, -0.15) is 5.26 Å². The molecule has 9 nitrogen and oxygen atoms in total. The van der Waals surface area contributed by atoms with Crippen LogP contribution in [0.1, 0.15) is 36.2 Å². The van der Waals surface area contributed by atoms with Crippen LogP contribution in [0, 0.1) is 11.3 Å². The van der Waals surface area contributed by atoms with Gasteiger partial charge in [0.05, 0.1) is 21.7 Å². The van der Waals surface area contributed by atoms with Crippen molar-refractivity contribution in [2.45, 2.75) is 44.3 Å². The van der Waals surface area contributed by atoms with Gasteiger partial charge in [-0.25, -0.2) is 9.97 Å². The van der Waals surface area contributed by atoms with Crippen molar-refractivity contribution < 1.29 is 9.53 Å². The summed E-state index contributed by atoms with van der Waals surface area (Å²) in [4.78, 5) is 24.8. The summed E-state index contributed by atoms with van der Waals surface area (Å²) in [5, 5.41) is 19.7. The van der Waals surface area contributed by atoms with E-state index in [4.69, 9.17) is 16.3 Å². The number of fused-ring (bicyclic) bond motifs is 2. The number of aromatic nitrogens is 3. The number of pyridine rings is 3. The first-order chi connectivity index (χ1) is 16.6. The molecule has 0 aliphatic carbocycles. The van der Waals surface area contributed by atoms with Gasteiger partial charge in [0, 0.05) is 36.9 Å². The van der Waals surface area contributed by atoms with Crippen molar-refractivity contribution in [3.8, 4) is 11.8 Å². The lowest BCUT2D eigenvalue weighted by molar-refractivity contribution is -0.118. The number of hydrogen-bond acceptors (Lipinski definition) is 8. The van der Waals surface area contributed by atoms with Crippen LogP contribution in [0.4, 0.5) is 5.82 Å². The van der Waals surface area contributed by atoms with Crippen LogP contribution in [0.3, 0.4) is 0 Å². The van der Waals surface area contributed by atoms with Crippen molar-refractivity contribution in [2.24, 2.45) is 0 Å². The molecule has 2 aliphatic rings. The third-order valence-electron chi connectivity index (χ3n) is 6.24. The number of amides is 1. The average Bonchev–Trinajstić information content (AvgIpc) is 2.87. The molecule has 5 rings (SSSR count). The summed E-state index contributed by atoms with van der Waals surface area (Å²) < 4.78 is 5.36. The molecular weight excluding hydrogens is 454 g/mol. The number of nitrogens with one attached hydrogen (secondary N) is 3. The molecule has 0 unspecified atom stereocenters. The molecule has 1 saturated heterocycles. The normalized spacial score (nSPS) is 19.7. The van der Waals surface area contributed by atoms with E-state index in [0.717, 1.165) is 49.0 Å². The maximum atomic E-state index is 11.5. The zero-order valence-electron chi connectivity index (χ0n) is 18.5. The van der Waals surface area contributed by atoms with Gasteiger partial charge in [0.1, 0.15) is 11.8 Å². The van der Waals surface area contributed by atoms with Crippen LogP contribution in [0.2, 0.25) is 5.02 Å². The summed E-state index contributed by atoms with van der Waals surface area (Å²) in [7, 11) is 0. The third-order valence-corrected chi connectivity index (χ3v) is 6.57. The number of hydrogen-bond donors (Lipinski definition) is 3. The average molecular weight is 478 g/mol. The predicted octanol–water partition coefficient (Wildman–Crippen LogP) is 2.72. The first-order valence-electron chi connectivity index (χ1n) is 11.3. The molecule has 3 aromatic heterocycles. The smallest absolute Gasteiger partial charge is 0.263 e. The second kappa shape index (κ2) is 9.89. The Bertz CT molecular complexity index is 1270. The van der Waals surface area contributed by atoms with E-state index in [-0.39, 0.29) is 12.5 Å². The Morgan fingerprint density at radius 3 is 2.97 bits per heavy atom. The molecule has 0 spiro atoms. The lowest BCUT2D eigenvalue weighted by atomic mass is 9.95. The fourth-order valence-corrected chi connectivity index (χ4v) is 4.63. The van der Waals surface area contributed by atoms with Crippen LogP contribution >= 0.6 is 11.6 Å². The predicted molar refractivity (Wildman–Crippen MR) is 128 cm³/mol. The zero-order chi connectivity index (χ0) is 23.5. The maximum absolute atomic E-state index is 11.5. The number of ether oxygens (including phenoxy) is 1. The minimum atomic E-state index is -0.185. The topological polar surface area (TPSA) is 125 Å². The number of rotatable bonds is 6. The van der Waals surface area contributed by atoms with Crippen molar-refractivity contribution in [3.63, 3.8) is 0 Å². The number of aryl methyl sites for hydroxylation is 1. The number of halogens is 1. The van der Waals surface area contributed by atoms with Crippen LogP contribution in [0.25, 0.3) is 11.0 Å². The first-order valence-corrected chi connectivity index (χ1v) is 11.7. The van der Waals surface area contributed by atoms with E-state index < -0.39 is 0 Å². The fourth-order valence-electron chi connectivity index (χ4n) is 4.40. The van der Waals surface area contributed by atoms with Gasteiger partial charge in [-0.05, 0) is 49.9 Å². The molecule has 0 saturated carbocycles. The minimum Gasteiger partial charge on any atom is -0.480 e. The summed E-state index contributed by atoms with van der Waals surface area (Å²) in [6.07, 6.45) is 5.44. The molecule has 3 N–H and O–H groups in total. The first kappa shape index (κ1) is 22.5. The summed E-state index contributed by atoms with van der Waals surface area (Å²) in [5.41, 5.74) is 3.63. The fraction of sp³-hybridized carbons (Fsp3) is 0.375. The Balaban J connectivity index is 1.13. The second-order valence-corrected chi connectivity index (χ2v) is 8.95. The molecule has 3 aromatic rings. The van der Waals surface area contributed by atoms with Gasteiger partial charge >= 0.3 is 0 Å². The third kappa shape index (κ3) is 4.94. The van der Waals surface area contributed by atoms with Crippen LogP contribution in [0.15, 0.2) is 30.5 Å². The Hall–Kier alpha value is -3.32. The highest BCUT2D eigenvalue weighted by atomic mass is 35.5. The van der Waals surface area contributed by atoms with Gasteiger partial charge in [0.2, 0.25) is 0 Å². The Labute approximate surface area is 201 Å². The Kier molecular flexibility index (Phi) is 6.54. The molecule has 34 heavy (non-hydrogen) atoms. The van der Waals surface area contributed by atoms with E-state index >= 15 is 0 Å². The van der Waals surface area contributed by atoms with Crippen molar-refractivity contribution in [1.82, 2.24) is 25.6 Å². The summed E-state index contributed by atoms with van der Waals surface area (Å²) in [6.45, 7) is 1.50. The molecule has 174 valence electrons. The van der Waals surface area contributed by atoms with Crippen molar-refractivity contribution in [2.75, 3.05) is 18.5 Å². The van der Waals surface area contributed by atoms with Gasteiger partial charge in [-0.15, -0.1) is 0 Å². The number of carbonyl (C=O) groups excluding carboxylic acids is 1. The molecule has 2 aliphatic heterocycles. The van der Waals surface area contributed by atoms with Crippen molar-refractivity contribution in [3.05, 3.63) is 52.4 Å². The van der Waals surface area contributed by atoms with E-state index in [1.165, 1.54) is 0 Å². The maximum Gasteiger partial charge on any atom is 0.263 e. The van der Waals surface area contributed by atoms with Crippen molar-refractivity contribution in [1.29, 1.82) is 5.26 Å². The number of piperidine rings is 1. The Morgan fingerprint density at radius 2 is 2.15 bits per heavy atom. The highest BCUT2D eigenvalue weighted by Crippen LogP contribution is 2.27. The van der Waals surface area contributed by atoms with Gasteiger partial charge in [0.15, 0.2) is 18.2 Å². The molecule has 1 amide bonds. The molecule has 0 radical (unpaired) electrons. The number of nitrogens with zero attached hydrogens (tertiary/aromatic N) is 4. The minimum absolute atomic E-state index is 0.0300. The summed E-state index contributed by atoms with van der Waals surface area (Å²) in [6, 6.07) is 10.0. The Morgan fingerprint density at radius 1 is 1.24 bits per heavy atom. The molecular formula is C24H24ClN7O2. The number of carbonyl (C=O) groups is 1. The van der Waals surface area contributed by atoms with Crippen molar-refractivity contribution >= 4 is 34.4 Å². The molecule has 2 atom stereocenters. The van der Waals surface area contributed by atoms with Gasteiger partial charge in [-0.3, -0.25) is 9.78 Å². The van der Waals surface area contributed by atoms with Gasteiger partial charge < -0.3 is 20.7 Å². The lowest BCUT2D eigenvalue weighted by Gasteiger charge is -2.31. The van der Waals surface area contributed by atoms with E-state index in [1.54, 1.807) is 12.3 Å². The van der Waals surface area contributed by atoms with Crippen LogP contribution in [-0.2, 0) is 17.8 Å². The van der Waals surface area contributed by atoms with Gasteiger partial charge in [-0.1, -0.05) is 11.6 Å². The number of nitriles is 1. The molecule has 0 bridgehead atoms. The summed E-state index contributed by atoms with van der Waals surface area (Å²) >= 11 is 6.44. The molecule has 0 aromatic carbocycles. The SMILES string of the molecule is N#Cc1ccc2ncc(Cl)c(CC[C@H]3CC[C@H](NCc4ccc5c(n4)NC(=O)CO5)CN3)c2n1. The largest absolute Gasteiger partial charge is 0.480 e. The number of anilines is 1. The monoisotopic (exact) mass is 477 g/mol.